The molecule has 0 fully saturated rings. The first kappa shape index (κ1) is 24.6. The lowest BCUT2D eigenvalue weighted by atomic mass is 9.76. The highest BCUT2D eigenvalue weighted by Gasteiger charge is 2.42. The lowest BCUT2D eigenvalue weighted by Gasteiger charge is -2.29. The first-order chi connectivity index (χ1) is 18.6. The molecule has 1 atom stereocenters. The average Bonchev–Trinajstić information content (AvgIpc) is 3.40. The number of anilines is 1. The van der Waals surface area contributed by atoms with Gasteiger partial charge in [0.25, 0.3) is 5.01 Å². The minimum absolute atomic E-state index is 0.127. The van der Waals surface area contributed by atoms with E-state index in [4.69, 9.17) is 0 Å². The van der Waals surface area contributed by atoms with Gasteiger partial charge in [0.05, 0.1) is 5.69 Å². The number of rotatable bonds is 7. The topological polar surface area (TPSA) is 7.12 Å². The molecule has 1 aliphatic heterocycles. The van der Waals surface area contributed by atoms with Gasteiger partial charge in [-0.2, -0.15) is 4.57 Å². The van der Waals surface area contributed by atoms with Crippen LogP contribution in [0.2, 0.25) is 0 Å². The molecule has 2 heterocycles. The number of hydrogen-bond donors (Lipinski definition) is 0. The van der Waals surface area contributed by atoms with E-state index in [2.05, 4.69) is 140 Å². The number of unbranched alkanes of at least 4 members (excludes halogenated alkanes) is 1. The maximum absolute atomic E-state index is 2.49. The Hall–Kier alpha value is -3.69. The van der Waals surface area contributed by atoms with E-state index in [-0.39, 0.29) is 5.41 Å². The third kappa shape index (κ3) is 4.25. The predicted molar refractivity (Wildman–Crippen MR) is 164 cm³/mol. The van der Waals surface area contributed by atoms with E-state index < -0.39 is 0 Å². The van der Waals surface area contributed by atoms with Gasteiger partial charge in [-0.1, -0.05) is 110 Å². The van der Waals surface area contributed by atoms with Crippen molar-refractivity contribution in [2.75, 3.05) is 11.9 Å². The molecule has 2 nitrogen and oxygen atoms in total. The Kier molecular flexibility index (Phi) is 6.63. The Morgan fingerprint density at radius 3 is 2.50 bits per heavy atom. The van der Waals surface area contributed by atoms with Crippen molar-refractivity contribution in [2.45, 2.75) is 45.1 Å². The number of hydrogen-bond acceptors (Lipinski definition) is 2. The summed E-state index contributed by atoms with van der Waals surface area (Å²) < 4.78 is 3.84. The van der Waals surface area contributed by atoms with Crippen LogP contribution in [0.4, 0.5) is 5.69 Å². The molecular formula is C35H35N2S+. The van der Waals surface area contributed by atoms with Crippen molar-refractivity contribution >= 4 is 44.1 Å². The average molecular weight is 516 g/mol. The van der Waals surface area contributed by atoms with Gasteiger partial charge in [-0.05, 0) is 42.0 Å². The van der Waals surface area contributed by atoms with Crippen LogP contribution in [0.15, 0.2) is 109 Å². The first-order valence-corrected chi connectivity index (χ1v) is 14.5. The van der Waals surface area contributed by atoms with Crippen LogP contribution in [0.25, 0.3) is 27.1 Å². The zero-order valence-electron chi connectivity index (χ0n) is 22.5. The molecule has 1 aromatic heterocycles. The van der Waals surface area contributed by atoms with Crippen molar-refractivity contribution in [2.24, 2.45) is 0 Å². The third-order valence-corrected chi connectivity index (χ3v) is 9.15. The van der Waals surface area contributed by atoms with Gasteiger partial charge in [0.2, 0.25) is 5.52 Å². The van der Waals surface area contributed by atoms with E-state index in [0.29, 0.717) is 0 Å². The molecular weight excluding hydrogens is 480 g/mol. The number of para-hydroxylation sites is 1. The number of nitrogens with zero attached hydrogens (tertiary/aromatic N) is 2. The predicted octanol–water partition coefficient (Wildman–Crippen LogP) is 8.69. The van der Waals surface area contributed by atoms with Gasteiger partial charge in [-0.25, -0.2) is 0 Å². The molecule has 3 heteroatoms. The highest BCUT2D eigenvalue weighted by molar-refractivity contribution is 7.18. The molecule has 1 aliphatic rings. The van der Waals surface area contributed by atoms with Crippen molar-refractivity contribution in [1.29, 1.82) is 0 Å². The first-order valence-electron chi connectivity index (χ1n) is 13.7. The van der Waals surface area contributed by atoms with Gasteiger partial charge in [0.1, 0.15) is 4.70 Å². The van der Waals surface area contributed by atoms with Gasteiger partial charge < -0.3 is 4.90 Å². The molecule has 0 spiro atoms. The standard InChI is InChI=1S/C35H35N2S/c1-4-5-24-37-30-18-11-12-19-31(30)38-33(37)21-13-20-32-35(2,25-26-14-7-6-8-15-26)29-23-22-27-16-9-10-17-28(27)34(29)36(32)3/h6-23H,4-5,24-25H2,1-3H3/q+1. The van der Waals surface area contributed by atoms with Crippen molar-refractivity contribution < 1.29 is 4.57 Å². The van der Waals surface area contributed by atoms with Crippen LogP contribution in [0.1, 0.15) is 42.8 Å². The van der Waals surface area contributed by atoms with Gasteiger partial charge in [-0.3, -0.25) is 0 Å². The summed E-state index contributed by atoms with van der Waals surface area (Å²) in [6.07, 6.45) is 10.3. The summed E-state index contributed by atoms with van der Waals surface area (Å²) in [4.78, 5) is 2.43. The third-order valence-electron chi connectivity index (χ3n) is 8.02. The van der Waals surface area contributed by atoms with Crippen LogP contribution >= 0.6 is 11.3 Å². The molecule has 0 radical (unpaired) electrons. The maximum atomic E-state index is 2.49. The second-order valence-corrected chi connectivity index (χ2v) is 11.6. The number of likely N-dealkylation sites (N-methyl/N-ethyl adjacent to an activating group) is 1. The summed E-state index contributed by atoms with van der Waals surface area (Å²) in [6.45, 7) is 5.73. The summed E-state index contributed by atoms with van der Waals surface area (Å²) in [7, 11) is 2.24. The minimum Gasteiger partial charge on any atom is -0.347 e. The molecule has 6 rings (SSSR count). The fraction of sp³-hybridized carbons (Fsp3) is 0.229. The second-order valence-electron chi connectivity index (χ2n) is 10.6. The Morgan fingerprint density at radius 1 is 0.895 bits per heavy atom. The van der Waals surface area contributed by atoms with Gasteiger partial charge in [-0.15, -0.1) is 0 Å². The molecule has 0 saturated carbocycles. The highest BCUT2D eigenvalue weighted by atomic mass is 32.1. The van der Waals surface area contributed by atoms with Crippen LogP contribution in [-0.4, -0.2) is 7.05 Å². The van der Waals surface area contributed by atoms with Crippen molar-refractivity contribution in [3.05, 3.63) is 125 Å². The minimum atomic E-state index is -0.127. The Labute approximate surface area is 230 Å². The van der Waals surface area contributed by atoms with Gasteiger partial charge >= 0.3 is 0 Å². The zero-order valence-corrected chi connectivity index (χ0v) is 23.3. The Balaban J connectivity index is 1.45. The van der Waals surface area contributed by atoms with Crippen LogP contribution < -0.4 is 9.47 Å². The van der Waals surface area contributed by atoms with Crippen molar-refractivity contribution in [1.82, 2.24) is 0 Å². The van der Waals surface area contributed by atoms with E-state index in [1.807, 2.05) is 11.3 Å². The Bertz CT molecular complexity index is 1660. The monoisotopic (exact) mass is 515 g/mol. The van der Waals surface area contributed by atoms with Crippen molar-refractivity contribution in [3.8, 4) is 0 Å². The van der Waals surface area contributed by atoms with E-state index in [9.17, 15) is 0 Å². The van der Waals surface area contributed by atoms with E-state index in [1.54, 1.807) is 0 Å². The Morgan fingerprint density at radius 2 is 1.66 bits per heavy atom. The lowest BCUT2D eigenvalue weighted by molar-refractivity contribution is -0.669. The van der Waals surface area contributed by atoms with Crippen LogP contribution in [-0.2, 0) is 18.4 Å². The molecule has 5 aromatic rings. The molecule has 4 aromatic carbocycles. The largest absolute Gasteiger partial charge is 0.347 e. The number of fused-ring (bicyclic) bond motifs is 4. The molecule has 0 N–H and O–H groups in total. The normalized spacial score (nSPS) is 18.3. The summed E-state index contributed by atoms with van der Waals surface area (Å²) >= 11 is 1.88. The van der Waals surface area contributed by atoms with Crippen LogP contribution in [0, 0.1) is 0 Å². The molecule has 190 valence electrons. The number of aryl methyl sites for hydroxylation is 1. The van der Waals surface area contributed by atoms with Crippen molar-refractivity contribution in [3.63, 3.8) is 0 Å². The molecule has 0 bridgehead atoms. The van der Waals surface area contributed by atoms with Crippen LogP contribution in [0.5, 0.6) is 0 Å². The fourth-order valence-corrected chi connectivity index (χ4v) is 7.22. The lowest BCUT2D eigenvalue weighted by Crippen LogP contribution is -2.34. The van der Waals surface area contributed by atoms with Crippen LogP contribution in [0.3, 0.4) is 0 Å². The molecule has 1 unspecified atom stereocenters. The number of allylic oxidation sites excluding steroid dienone is 3. The van der Waals surface area contributed by atoms with E-state index >= 15 is 0 Å². The number of thiazole rings is 1. The summed E-state index contributed by atoms with van der Waals surface area (Å²) in [5.41, 5.74) is 6.65. The SMILES string of the molecule is CCCC[n+]1c(/C=C/C=C2/N(C)c3c(ccc4ccccc34)C2(C)Cc2ccccc2)sc2ccccc21. The number of aromatic nitrogens is 1. The summed E-state index contributed by atoms with van der Waals surface area (Å²) in [6, 6.07) is 33.1. The molecule has 0 amide bonds. The van der Waals surface area contributed by atoms with E-state index in [0.717, 1.165) is 13.0 Å². The summed E-state index contributed by atoms with van der Waals surface area (Å²) in [5, 5.41) is 3.92. The molecule has 0 aliphatic carbocycles. The summed E-state index contributed by atoms with van der Waals surface area (Å²) in [5.74, 6) is 0. The highest BCUT2D eigenvalue weighted by Crippen LogP contribution is 2.51. The molecule has 0 saturated heterocycles. The maximum Gasteiger partial charge on any atom is 0.262 e. The molecule has 38 heavy (non-hydrogen) atoms. The van der Waals surface area contributed by atoms with Gasteiger partial charge in [0, 0.05) is 42.1 Å². The number of benzene rings is 4. The second kappa shape index (κ2) is 10.2. The zero-order chi connectivity index (χ0) is 26.1. The van der Waals surface area contributed by atoms with Gasteiger partial charge in [0.15, 0.2) is 6.54 Å². The van der Waals surface area contributed by atoms with E-state index in [1.165, 1.54) is 61.3 Å². The quantitative estimate of drug-likeness (QED) is 0.197. The fourth-order valence-electron chi connectivity index (χ4n) is 6.12. The smallest absolute Gasteiger partial charge is 0.262 e.